The van der Waals surface area contributed by atoms with E-state index in [1.165, 1.54) is 0 Å². The number of carboxylic acids is 1. The van der Waals surface area contributed by atoms with E-state index < -0.39 is 13.1 Å². The minimum Gasteiger partial charge on any atom is -0.478 e. The van der Waals surface area contributed by atoms with Gasteiger partial charge in [-0.15, -0.1) is 0 Å². The van der Waals surface area contributed by atoms with Crippen molar-refractivity contribution in [1.82, 2.24) is 0 Å². The molecule has 0 spiro atoms. The lowest BCUT2D eigenvalue weighted by atomic mass is 9.80. The Labute approximate surface area is 88.0 Å². The summed E-state index contributed by atoms with van der Waals surface area (Å²) in [6.45, 7) is 3.08. The van der Waals surface area contributed by atoms with E-state index in [0.717, 1.165) is 0 Å². The highest BCUT2D eigenvalue weighted by Crippen LogP contribution is 1.94. The van der Waals surface area contributed by atoms with Crippen LogP contribution in [0.2, 0.25) is 0 Å². The van der Waals surface area contributed by atoms with Crippen molar-refractivity contribution in [2.24, 2.45) is 0 Å². The molecule has 1 aromatic carbocycles. The van der Waals surface area contributed by atoms with Crippen molar-refractivity contribution in [2.75, 3.05) is 6.61 Å². The van der Waals surface area contributed by atoms with Gasteiger partial charge in [-0.1, -0.05) is 36.9 Å². The molecule has 0 unspecified atom stereocenters. The molecule has 5 heteroatoms. The van der Waals surface area contributed by atoms with Gasteiger partial charge in [0.15, 0.2) is 0 Å². The quantitative estimate of drug-likeness (QED) is 0.526. The van der Waals surface area contributed by atoms with E-state index in [0.29, 0.717) is 5.46 Å². The molecule has 0 saturated heterocycles. The van der Waals surface area contributed by atoms with E-state index in [1.807, 2.05) is 6.07 Å². The Balaban J connectivity index is 2.47. The molecule has 0 aromatic heterocycles. The van der Waals surface area contributed by atoms with Crippen molar-refractivity contribution in [3.63, 3.8) is 0 Å². The van der Waals surface area contributed by atoms with Crippen LogP contribution in [0, 0.1) is 0 Å². The van der Waals surface area contributed by atoms with E-state index in [-0.39, 0.29) is 12.2 Å². The van der Waals surface area contributed by atoms with Crippen LogP contribution in [-0.2, 0) is 9.45 Å². The monoisotopic (exact) mass is 206 g/mol. The van der Waals surface area contributed by atoms with Crippen LogP contribution in [0.15, 0.2) is 42.5 Å². The SMILES string of the molecule is C=C(COB(O)c1ccccc1)C(=O)O. The molecule has 0 atom stereocenters. The standard InChI is InChI=1S/C10H11BO4/c1-8(10(12)13)7-15-11(14)9-5-3-2-4-6-9/h2-6,14H,1,7H2,(H,12,13). The molecular formula is C10H11BO4. The fraction of sp³-hybridized carbons (Fsp3) is 0.100. The molecule has 0 radical (unpaired) electrons. The zero-order chi connectivity index (χ0) is 11.3. The second-order valence-corrected chi connectivity index (χ2v) is 2.98. The summed E-state index contributed by atoms with van der Waals surface area (Å²) in [4.78, 5) is 10.4. The molecule has 0 heterocycles. The summed E-state index contributed by atoms with van der Waals surface area (Å²) in [5.74, 6) is -1.13. The van der Waals surface area contributed by atoms with Crippen molar-refractivity contribution in [1.29, 1.82) is 0 Å². The van der Waals surface area contributed by atoms with E-state index in [1.54, 1.807) is 24.3 Å². The summed E-state index contributed by atoms with van der Waals surface area (Å²) in [6.07, 6.45) is 0. The van der Waals surface area contributed by atoms with Crippen molar-refractivity contribution in [3.05, 3.63) is 42.5 Å². The molecule has 4 nitrogen and oxygen atoms in total. The maximum atomic E-state index is 10.4. The molecule has 0 aliphatic carbocycles. The van der Waals surface area contributed by atoms with Crippen LogP contribution >= 0.6 is 0 Å². The third kappa shape index (κ3) is 3.57. The van der Waals surface area contributed by atoms with Gasteiger partial charge in [-0.25, -0.2) is 4.79 Å². The van der Waals surface area contributed by atoms with E-state index in [4.69, 9.17) is 9.76 Å². The Kier molecular flexibility index (Phi) is 4.09. The first kappa shape index (κ1) is 11.5. The molecule has 78 valence electrons. The van der Waals surface area contributed by atoms with Crippen molar-refractivity contribution in [3.8, 4) is 0 Å². The van der Waals surface area contributed by atoms with Gasteiger partial charge in [0, 0.05) is 0 Å². The molecule has 1 aromatic rings. The van der Waals surface area contributed by atoms with Crippen molar-refractivity contribution in [2.45, 2.75) is 0 Å². The largest absolute Gasteiger partial charge is 0.491 e. The zero-order valence-corrected chi connectivity index (χ0v) is 8.09. The summed E-state index contributed by atoms with van der Waals surface area (Å²) in [5.41, 5.74) is 0.487. The average Bonchev–Trinajstić information content (AvgIpc) is 2.26. The maximum absolute atomic E-state index is 10.4. The highest BCUT2D eigenvalue weighted by atomic mass is 16.5. The minimum absolute atomic E-state index is 0.0926. The Hall–Kier alpha value is -1.59. The first-order valence-corrected chi connectivity index (χ1v) is 4.37. The van der Waals surface area contributed by atoms with Crippen molar-refractivity contribution >= 4 is 18.6 Å². The number of carbonyl (C=O) groups is 1. The van der Waals surface area contributed by atoms with Crippen LogP contribution in [0.4, 0.5) is 0 Å². The fourth-order valence-electron chi connectivity index (χ4n) is 0.955. The molecule has 0 fully saturated rings. The second kappa shape index (κ2) is 5.33. The van der Waals surface area contributed by atoms with Gasteiger partial charge in [0.2, 0.25) is 0 Å². The third-order valence-corrected chi connectivity index (χ3v) is 1.80. The number of rotatable bonds is 5. The third-order valence-electron chi connectivity index (χ3n) is 1.80. The van der Waals surface area contributed by atoms with Crippen LogP contribution in [0.1, 0.15) is 0 Å². The number of aliphatic carboxylic acids is 1. The lowest BCUT2D eigenvalue weighted by molar-refractivity contribution is -0.133. The Bertz CT molecular complexity index is 350. The topological polar surface area (TPSA) is 66.8 Å². The van der Waals surface area contributed by atoms with E-state index in [9.17, 15) is 9.82 Å². The highest BCUT2D eigenvalue weighted by molar-refractivity contribution is 6.59. The lowest BCUT2D eigenvalue weighted by Crippen LogP contribution is -2.34. The minimum atomic E-state index is -1.13. The first-order valence-electron chi connectivity index (χ1n) is 4.37. The molecule has 0 aliphatic heterocycles. The Morgan fingerprint density at radius 2 is 2.00 bits per heavy atom. The molecule has 2 N–H and O–H groups in total. The summed E-state index contributed by atoms with van der Waals surface area (Å²) in [6, 6.07) is 8.71. The molecule has 0 aliphatic rings. The summed E-state index contributed by atoms with van der Waals surface area (Å²) >= 11 is 0. The number of hydrogen-bond acceptors (Lipinski definition) is 3. The number of carboxylic acid groups (broad SMARTS) is 1. The summed E-state index contributed by atoms with van der Waals surface area (Å²) < 4.78 is 4.93. The molecule has 0 saturated carbocycles. The predicted octanol–water partition coefficient (Wildman–Crippen LogP) is 0.0315. The van der Waals surface area contributed by atoms with Gasteiger partial charge in [0.1, 0.15) is 0 Å². The summed E-state index contributed by atoms with van der Waals surface area (Å²) in [5, 5.41) is 18.0. The lowest BCUT2D eigenvalue weighted by Gasteiger charge is -2.07. The Morgan fingerprint density at radius 1 is 1.40 bits per heavy atom. The normalized spacial score (nSPS) is 9.67. The number of benzene rings is 1. The van der Waals surface area contributed by atoms with Gasteiger partial charge in [-0.05, 0) is 5.46 Å². The number of hydrogen-bond donors (Lipinski definition) is 2. The summed E-state index contributed by atoms with van der Waals surface area (Å²) in [7, 11) is -1.12. The van der Waals surface area contributed by atoms with Crippen LogP contribution < -0.4 is 5.46 Å². The van der Waals surface area contributed by atoms with Crippen LogP contribution in [0.25, 0.3) is 0 Å². The van der Waals surface area contributed by atoms with Crippen LogP contribution in [-0.4, -0.2) is 29.8 Å². The van der Waals surface area contributed by atoms with Gasteiger partial charge in [0.05, 0.1) is 12.2 Å². The van der Waals surface area contributed by atoms with E-state index in [2.05, 4.69) is 6.58 Å². The fourth-order valence-corrected chi connectivity index (χ4v) is 0.955. The van der Waals surface area contributed by atoms with Crippen LogP contribution in [0.5, 0.6) is 0 Å². The van der Waals surface area contributed by atoms with Gasteiger partial charge in [-0.3, -0.25) is 0 Å². The molecule has 15 heavy (non-hydrogen) atoms. The van der Waals surface area contributed by atoms with Crippen molar-refractivity contribution < 1.29 is 19.6 Å². The average molecular weight is 206 g/mol. The maximum Gasteiger partial charge on any atom is 0.491 e. The second-order valence-electron chi connectivity index (χ2n) is 2.98. The van der Waals surface area contributed by atoms with Crippen LogP contribution in [0.3, 0.4) is 0 Å². The highest BCUT2D eigenvalue weighted by Gasteiger charge is 2.17. The molecule has 1 rings (SSSR count). The predicted molar refractivity (Wildman–Crippen MR) is 56.8 cm³/mol. The zero-order valence-electron chi connectivity index (χ0n) is 8.09. The van der Waals surface area contributed by atoms with Gasteiger partial charge in [-0.2, -0.15) is 0 Å². The van der Waals surface area contributed by atoms with Gasteiger partial charge >= 0.3 is 13.1 Å². The molecule has 0 amide bonds. The Morgan fingerprint density at radius 3 is 2.53 bits per heavy atom. The van der Waals surface area contributed by atoms with Gasteiger partial charge in [0.25, 0.3) is 0 Å². The smallest absolute Gasteiger partial charge is 0.478 e. The van der Waals surface area contributed by atoms with E-state index >= 15 is 0 Å². The van der Waals surface area contributed by atoms with Gasteiger partial charge < -0.3 is 14.8 Å². The molecule has 0 bridgehead atoms. The molecular weight excluding hydrogens is 195 g/mol. The first-order chi connectivity index (χ1) is 7.11.